The summed E-state index contributed by atoms with van der Waals surface area (Å²) in [6.07, 6.45) is -0.720. The third-order valence-corrected chi connectivity index (χ3v) is 4.12. The lowest BCUT2D eigenvalue weighted by Crippen LogP contribution is -2.30. The van der Waals surface area contributed by atoms with Crippen LogP contribution in [-0.2, 0) is 0 Å². The van der Waals surface area contributed by atoms with Crippen molar-refractivity contribution in [3.63, 3.8) is 0 Å². The first-order valence-corrected chi connectivity index (χ1v) is 7.38. The maximum Gasteiger partial charge on any atom is 0.341 e. The molecule has 2 heterocycles. The van der Waals surface area contributed by atoms with E-state index in [0.717, 1.165) is 12.3 Å². The molecule has 25 heavy (non-hydrogen) atoms. The van der Waals surface area contributed by atoms with Crippen LogP contribution in [-0.4, -0.2) is 51.0 Å². The Morgan fingerprint density at radius 3 is 2.76 bits per heavy atom. The second-order valence-electron chi connectivity index (χ2n) is 5.77. The smallest absolute Gasteiger partial charge is 0.341 e. The minimum absolute atomic E-state index is 0.00296. The number of carboxylic acid groups (broad SMARTS) is 1. The van der Waals surface area contributed by atoms with Gasteiger partial charge in [0.1, 0.15) is 29.7 Å². The number of halogens is 1. The lowest BCUT2D eigenvalue weighted by Gasteiger charge is -2.28. The monoisotopic (exact) mass is 351 g/mol. The second kappa shape index (κ2) is 5.94. The van der Waals surface area contributed by atoms with Crippen LogP contribution in [0, 0.1) is 5.82 Å². The summed E-state index contributed by atoms with van der Waals surface area (Å²) in [6.45, 7) is 0.797. The van der Waals surface area contributed by atoms with Crippen LogP contribution in [0.25, 0.3) is 10.9 Å². The number of carboxylic acids is 1. The molecule has 132 valence electrons. The Morgan fingerprint density at radius 2 is 2.16 bits per heavy atom. The molecular formula is C16H14FNO7. The van der Waals surface area contributed by atoms with E-state index in [9.17, 15) is 29.0 Å². The molecule has 1 aromatic heterocycles. The predicted molar refractivity (Wildman–Crippen MR) is 82.8 cm³/mol. The van der Waals surface area contributed by atoms with Gasteiger partial charge < -0.3 is 24.6 Å². The van der Waals surface area contributed by atoms with Crippen molar-refractivity contribution in [3.8, 4) is 5.75 Å². The first-order valence-electron chi connectivity index (χ1n) is 7.38. The normalized spacial score (nSPS) is 17.2. The molecule has 1 aromatic carbocycles. The maximum absolute atomic E-state index is 14.5. The van der Waals surface area contributed by atoms with E-state index in [1.54, 1.807) is 6.92 Å². The molecular weight excluding hydrogens is 337 g/mol. The number of Topliss-reactive ketones (excluding diaryl/α,β-unsaturated/α-hetero) is 1. The van der Waals surface area contributed by atoms with E-state index >= 15 is 0 Å². The average molecular weight is 351 g/mol. The molecule has 3 N–H and O–H groups in total. The van der Waals surface area contributed by atoms with Crippen molar-refractivity contribution >= 4 is 22.7 Å². The van der Waals surface area contributed by atoms with Crippen LogP contribution in [0.4, 0.5) is 4.39 Å². The molecule has 0 saturated heterocycles. The second-order valence-corrected chi connectivity index (χ2v) is 5.77. The number of pyridine rings is 1. The van der Waals surface area contributed by atoms with Gasteiger partial charge >= 0.3 is 5.97 Å². The number of ketones is 1. The Kier molecular flexibility index (Phi) is 4.05. The summed E-state index contributed by atoms with van der Waals surface area (Å²) in [5, 5.41) is 27.4. The standard InChI is InChI=1S/C16H14FNO7/c1-6-5-25-15-11(14(22)10(20)4-19)9(17)2-7-12(15)18(6)3-8(13(7)21)16(23)24/h2-3,6,10,19-20H,4-5H2,1H3,(H,23,24). The Bertz CT molecular complexity index is 965. The molecule has 8 nitrogen and oxygen atoms in total. The van der Waals surface area contributed by atoms with E-state index in [2.05, 4.69) is 0 Å². The molecule has 0 spiro atoms. The van der Waals surface area contributed by atoms with E-state index in [-0.39, 0.29) is 29.3 Å². The predicted octanol–water partition coefficient (Wildman–Crippen LogP) is 0.328. The number of ether oxygens (including phenoxy) is 1. The van der Waals surface area contributed by atoms with Gasteiger partial charge in [-0.25, -0.2) is 9.18 Å². The van der Waals surface area contributed by atoms with Crippen molar-refractivity contribution in [1.29, 1.82) is 0 Å². The van der Waals surface area contributed by atoms with Gasteiger partial charge in [0.05, 0.1) is 23.6 Å². The van der Waals surface area contributed by atoms with Crippen molar-refractivity contribution in [2.75, 3.05) is 13.2 Å². The van der Waals surface area contributed by atoms with Crippen molar-refractivity contribution in [3.05, 3.63) is 39.4 Å². The molecule has 0 saturated carbocycles. The lowest BCUT2D eigenvalue weighted by atomic mass is 9.99. The summed E-state index contributed by atoms with van der Waals surface area (Å²) in [5.41, 5.74) is -1.94. The fourth-order valence-corrected chi connectivity index (χ4v) is 2.86. The van der Waals surface area contributed by atoms with Gasteiger partial charge in [-0.1, -0.05) is 0 Å². The van der Waals surface area contributed by atoms with Crippen LogP contribution in [0.2, 0.25) is 0 Å². The molecule has 0 fully saturated rings. The molecule has 0 radical (unpaired) electrons. The summed E-state index contributed by atoms with van der Waals surface area (Å²) in [5.74, 6) is -3.93. The lowest BCUT2D eigenvalue weighted by molar-refractivity contribution is 0.0578. The van der Waals surface area contributed by atoms with Crippen molar-refractivity contribution in [2.45, 2.75) is 19.1 Å². The molecule has 1 aliphatic rings. The van der Waals surface area contributed by atoms with Gasteiger partial charge in [0.2, 0.25) is 5.43 Å². The number of benzene rings is 1. The zero-order chi connectivity index (χ0) is 18.5. The van der Waals surface area contributed by atoms with E-state index in [1.807, 2.05) is 0 Å². The summed E-state index contributed by atoms with van der Waals surface area (Å²) < 4.78 is 21.4. The van der Waals surface area contributed by atoms with E-state index in [4.69, 9.17) is 9.84 Å². The Hall–Kier alpha value is -2.78. The number of aromatic nitrogens is 1. The molecule has 0 amide bonds. The van der Waals surface area contributed by atoms with E-state index < -0.39 is 46.8 Å². The molecule has 2 unspecified atom stereocenters. The summed E-state index contributed by atoms with van der Waals surface area (Å²) in [6, 6.07) is 0.382. The summed E-state index contributed by atoms with van der Waals surface area (Å²) in [7, 11) is 0. The number of rotatable bonds is 4. The topological polar surface area (TPSA) is 126 Å². The molecule has 0 aliphatic carbocycles. The number of carbonyl (C=O) groups is 2. The molecule has 0 bridgehead atoms. The van der Waals surface area contributed by atoms with Crippen LogP contribution in [0.5, 0.6) is 5.75 Å². The summed E-state index contributed by atoms with van der Waals surface area (Å²) in [4.78, 5) is 35.8. The number of hydrogen-bond donors (Lipinski definition) is 3. The summed E-state index contributed by atoms with van der Waals surface area (Å²) >= 11 is 0. The minimum atomic E-state index is -1.84. The van der Waals surface area contributed by atoms with Crippen LogP contribution in [0.15, 0.2) is 17.1 Å². The molecule has 9 heteroatoms. The van der Waals surface area contributed by atoms with Gasteiger partial charge in [-0.2, -0.15) is 0 Å². The van der Waals surface area contributed by atoms with Crippen molar-refractivity contribution in [1.82, 2.24) is 4.57 Å². The van der Waals surface area contributed by atoms with Crippen LogP contribution in [0.1, 0.15) is 33.7 Å². The van der Waals surface area contributed by atoms with Crippen LogP contribution in [0.3, 0.4) is 0 Å². The molecule has 1 aliphatic heterocycles. The van der Waals surface area contributed by atoms with Gasteiger partial charge in [-0.05, 0) is 13.0 Å². The Morgan fingerprint density at radius 1 is 1.48 bits per heavy atom. The highest BCUT2D eigenvalue weighted by atomic mass is 19.1. The van der Waals surface area contributed by atoms with E-state index in [0.29, 0.717) is 0 Å². The fourth-order valence-electron chi connectivity index (χ4n) is 2.86. The number of aromatic carboxylic acids is 1. The highest BCUT2D eigenvalue weighted by Crippen LogP contribution is 2.37. The van der Waals surface area contributed by atoms with Gasteiger partial charge in [-0.15, -0.1) is 0 Å². The van der Waals surface area contributed by atoms with E-state index in [1.165, 1.54) is 4.57 Å². The highest BCUT2D eigenvalue weighted by molar-refractivity contribution is 6.07. The first kappa shape index (κ1) is 17.1. The number of carbonyl (C=O) groups excluding carboxylic acids is 1. The molecule has 3 rings (SSSR count). The van der Waals surface area contributed by atoms with Gasteiger partial charge in [0.15, 0.2) is 11.5 Å². The quantitative estimate of drug-likeness (QED) is 0.678. The maximum atomic E-state index is 14.5. The van der Waals surface area contributed by atoms with Crippen LogP contribution < -0.4 is 10.2 Å². The number of aliphatic hydroxyl groups excluding tert-OH is 2. The van der Waals surface area contributed by atoms with Crippen LogP contribution >= 0.6 is 0 Å². The highest BCUT2D eigenvalue weighted by Gasteiger charge is 2.32. The number of nitrogens with zero attached hydrogens (tertiary/aromatic N) is 1. The average Bonchev–Trinajstić information content (AvgIpc) is 2.57. The Balaban J connectivity index is 2.45. The number of hydrogen-bond acceptors (Lipinski definition) is 6. The fraction of sp³-hybridized carbons (Fsp3) is 0.312. The zero-order valence-corrected chi connectivity index (χ0v) is 13.0. The molecule has 2 atom stereocenters. The first-order chi connectivity index (χ1) is 11.8. The van der Waals surface area contributed by atoms with Crippen molar-refractivity contribution in [2.24, 2.45) is 0 Å². The Labute approximate surface area is 139 Å². The number of aliphatic hydroxyl groups is 2. The molecule has 2 aromatic rings. The SMILES string of the molecule is CC1COc2c(C(=O)C(O)CO)c(F)cc3c(=O)c(C(=O)O)cn1c23. The minimum Gasteiger partial charge on any atom is -0.488 e. The van der Waals surface area contributed by atoms with Gasteiger partial charge in [0, 0.05) is 6.20 Å². The van der Waals surface area contributed by atoms with Gasteiger partial charge in [-0.3, -0.25) is 9.59 Å². The zero-order valence-electron chi connectivity index (χ0n) is 13.0. The largest absolute Gasteiger partial charge is 0.488 e. The third-order valence-electron chi connectivity index (χ3n) is 4.12. The van der Waals surface area contributed by atoms with Gasteiger partial charge in [0.25, 0.3) is 0 Å². The van der Waals surface area contributed by atoms with Crippen molar-refractivity contribution < 1.29 is 34.0 Å². The third kappa shape index (κ3) is 2.48.